The fourth-order valence-electron chi connectivity index (χ4n) is 2.65. The van der Waals surface area contributed by atoms with E-state index < -0.39 is 11.7 Å². The summed E-state index contributed by atoms with van der Waals surface area (Å²) in [7, 11) is 2.00. The summed E-state index contributed by atoms with van der Waals surface area (Å²) in [4.78, 5) is 32.7. The molecule has 1 aromatic heterocycles. The van der Waals surface area contributed by atoms with Crippen molar-refractivity contribution in [1.82, 2.24) is 14.8 Å². The van der Waals surface area contributed by atoms with Gasteiger partial charge in [0.05, 0.1) is 23.1 Å². The smallest absolute Gasteiger partial charge is 0.321 e. The molecule has 8 heteroatoms. The lowest BCUT2D eigenvalue weighted by Gasteiger charge is -2.32. The number of rotatable bonds is 3. The lowest BCUT2D eigenvalue weighted by molar-refractivity contribution is 0.102. The van der Waals surface area contributed by atoms with Crippen LogP contribution in [0.4, 0.5) is 20.6 Å². The van der Waals surface area contributed by atoms with Crippen molar-refractivity contribution in [3.05, 3.63) is 54.1 Å². The number of aromatic nitrogens is 1. The van der Waals surface area contributed by atoms with Crippen LogP contribution in [0.25, 0.3) is 0 Å². The van der Waals surface area contributed by atoms with Crippen LogP contribution in [-0.2, 0) is 0 Å². The van der Waals surface area contributed by atoms with E-state index in [-0.39, 0.29) is 17.3 Å². The van der Waals surface area contributed by atoms with Crippen molar-refractivity contribution in [1.29, 1.82) is 0 Å². The number of hydrogen-bond acceptors (Lipinski definition) is 4. The van der Waals surface area contributed by atoms with Gasteiger partial charge in [0.25, 0.3) is 5.91 Å². The topological polar surface area (TPSA) is 77.6 Å². The molecule has 3 amide bonds. The molecule has 0 atom stereocenters. The maximum atomic E-state index is 13.7. The van der Waals surface area contributed by atoms with Crippen molar-refractivity contribution >= 4 is 23.3 Å². The van der Waals surface area contributed by atoms with E-state index in [0.717, 1.165) is 19.2 Å². The number of likely N-dealkylation sites (N-methyl/N-ethyl adjacent to an activating group) is 1. The molecule has 2 aromatic rings. The molecule has 2 heterocycles. The van der Waals surface area contributed by atoms with Crippen molar-refractivity contribution in [2.75, 3.05) is 43.9 Å². The molecule has 7 nitrogen and oxygen atoms in total. The SMILES string of the molecule is CN1CCN(C(=O)Nc2ccc(F)cc2C(=O)Nc2cccnc2)CC1. The zero-order valence-corrected chi connectivity index (χ0v) is 14.4. The number of anilines is 2. The third kappa shape index (κ3) is 4.34. The Morgan fingerprint density at radius 2 is 1.88 bits per heavy atom. The molecule has 1 saturated heterocycles. The summed E-state index contributed by atoms with van der Waals surface area (Å²) in [5, 5.41) is 5.36. The lowest BCUT2D eigenvalue weighted by atomic mass is 10.1. The van der Waals surface area contributed by atoms with Gasteiger partial charge >= 0.3 is 6.03 Å². The summed E-state index contributed by atoms with van der Waals surface area (Å²) in [6, 6.07) is 6.75. The van der Waals surface area contributed by atoms with Crippen molar-refractivity contribution in [2.24, 2.45) is 0 Å². The van der Waals surface area contributed by atoms with Gasteiger partial charge in [0.15, 0.2) is 0 Å². The molecule has 0 saturated carbocycles. The molecule has 1 fully saturated rings. The Morgan fingerprint density at radius 3 is 2.58 bits per heavy atom. The van der Waals surface area contributed by atoms with Crippen molar-refractivity contribution in [3.8, 4) is 0 Å². The number of carbonyl (C=O) groups is 2. The number of benzene rings is 1. The van der Waals surface area contributed by atoms with Crippen molar-refractivity contribution in [2.45, 2.75) is 0 Å². The molecule has 0 aliphatic carbocycles. The van der Waals surface area contributed by atoms with Crippen LogP contribution >= 0.6 is 0 Å². The second-order valence-electron chi connectivity index (χ2n) is 6.11. The van der Waals surface area contributed by atoms with Gasteiger partial charge in [-0.1, -0.05) is 0 Å². The number of nitrogens with zero attached hydrogens (tertiary/aromatic N) is 3. The van der Waals surface area contributed by atoms with Gasteiger partial charge in [0, 0.05) is 32.4 Å². The second kappa shape index (κ2) is 7.92. The van der Waals surface area contributed by atoms with Crippen LogP contribution in [-0.4, -0.2) is 59.9 Å². The minimum atomic E-state index is -0.557. The summed E-state index contributed by atoms with van der Waals surface area (Å²) < 4.78 is 13.7. The Bertz CT molecular complexity index is 791. The van der Waals surface area contributed by atoms with E-state index in [1.807, 2.05) is 7.05 Å². The van der Waals surface area contributed by atoms with Crippen molar-refractivity contribution < 1.29 is 14.0 Å². The average molecular weight is 357 g/mol. The highest BCUT2D eigenvalue weighted by Crippen LogP contribution is 2.20. The van der Waals surface area contributed by atoms with E-state index in [4.69, 9.17) is 0 Å². The number of amides is 3. The van der Waals surface area contributed by atoms with Gasteiger partial charge in [-0.05, 0) is 37.4 Å². The number of pyridine rings is 1. The van der Waals surface area contributed by atoms with Gasteiger partial charge in [0.2, 0.25) is 0 Å². The van der Waals surface area contributed by atoms with E-state index in [9.17, 15) is 14.0 Å². The Kier molecular flexibility index (Phi) is 5.43. The molecular formula is C18H20FN5O2. The van der Waals surface area contributed by atoms with Crippen LogP contribution < -0.4 is 10.6 Å². The molecule has 0 radical (unpaired) electrons. The summed E-state index contributed by atoms with van der Waals surface area (Å²) in [6.45, 7) is 2.76. The summed E-state index contributed by atoms with van der Waals surface area (Å²) in [5.41, 5.74) is 0.797. The number of halogens is 1. The number of hydrogen-bond donors (Lipinski definition) is 2. The second-order valence-corrected chi connectivity index (χ2v) is 6.11. The molecule has 0 bridgehead atoms. The predicted molar refractivity (Wildman–Crippen MR) is 96.7 cm³/mol. The molecular weight excluding hydrogens is 337 g/mol. The predicted octanol–water partition coefficient (Wildman–Crippen LogP) is 2.25. The Hall–Kier alpha value is -3.00. The molecule has 26 heavy (non-hydrogen) atoms. The van der Waals surface area contributed by atoms with E-state index in [1.54, 1.807) is 23.2 Å². The first-order valence-corrected chi connectivity index (χ1v) is 8.28. The van der Waals surface area contributed by atoms with E-state index >= 15 is 0 Å². The fraction of sp³-hybridized carbons (Fsp3) is 0.278. The summed E-state index contributed by atoms with van der Waals surface area (Å²) in [5.74, 6) is -1.08. The molecule has 2 N–H and O–H groups in total. The van der Waals surface area contributed by atoms with E-state index in [1.165, 1.54) is 18.3 Å². The first kappa shape index (κ1) is 17.8. The number of carbonyl (C=O) groups excluding carboxylic acids is 2. The highest BCUT2D eigenvalue weighted by Gasteiger charge is 2.21. The molecule has 1 aliphatic heterocycles. The molecule has 1 aliphatic rings. The van der Waals surface area contributed by atoms with Crippen molar-refractivity contribution in [3.63, 3.8) is 0 Å². The Labute approximate surface area is 150 Å². The third-order valence-electron chi connectivity index (χ3n) is 4.18. The zero-order chi connectivity index (χ0) is 18.5. The summed E-state index contributed by atoms with van der Waals surface area (Å²) >= 11 is 0. The van der Waals surface area contributed by atoms with Gasteiger partial charge < -0.3 is 20.4 Å². The standard InChI is InChI=1S/C18H20FN5O2/c1-23-7-9-24(10-8-23)18(26)22-16-5-4-13(19)11-15(16)17(25)21-14-3-2-6-20-12-14/h2-6,11-12H,7-10H2,1H3,(H,21,25)(H,22,26). The fourth-order valence-corrected chi connectivity index (χ4v) is 2.65. The van der Waals surface area contributed by atoms with E-state index in [0.29, 0.717) is 18.8 Å². The number of nitrogens with one attached hydrogen (secondary N) is 2. The number of piperazine rings is 1. The van der Waals surface area contributed by atoms with Gasteiger partial charge in [-0.15, -0.1) is 0 Å². The molecule has 3 rings (SSSR count). The molecule has 0 spiro atoms. The zero-order valence-electron chi connectivity index (χ0n) is 14.4. The minimum Gasteiger partial charge on any atom is -0.322 e. The van der Waals surface area contributed by atoms with Gasteiger partial charge in [-0.3, -0.25) is 9.78 Å². The van der Waals surface area contributed by atoms with Gasteiger partial charge in [0.1, 0.15) is 5.82 Å². The first-order chi connectivity index (χ1) is 12.5. The minimum absolute atomic E-state index is 0.0522. The first-order valence-electron chi connectivity index (χ1n) is 8.28. The molecule has 0 unspecified atom stereocenters. The largest absolute Gasteiger partial charge is 0.322 e. The lowest BCUT2D eigenvalue weighted by Crippen LogP contribution is -2.48. The normalized spacial score (nSPS) is 14.8. The summed E-state index contributed by atoms with van der Waals surface area (Å²) in [6.07, 6.45) is 3.07. The van der Waals surface area contributed by atoms with Crippen LogP contribution in [0.2, 0.25) is 0 Å². The molecule has 1 aromatic carbocycles. The van der Waals surface area contributed by atoms with Crippen LogP contribution in [0, 0.1) is 5.82 Å². The highest BCUT2D eigenvalue weighted by atomic mass is 19.1. The third-order valence-corrected chi connectivity index (χ3v) is 4.18. The maximum Gasteiger partial charge on any atom is 0.321 e. The highest BCUT2D eigenvalue weighted by molar-refractivity contribution is 6.09. The quantitative estimate of drug-likeness (QED) is 0.883. The van der Waals surface area contributed by atoms with Crippen LogP contribution in [0.3, 0.4) is 0 Å². The monoisotopic (exact) mass is 357 g/mol. The van der Waals surface area contributed by atoms with Crippen LogP contribution in [0.5, 0.6) is 0 Å². The van der Waals surface area contributed by atoms with Gasteiger partial charge in [-0.25, -0.2) is 9.18 Å². The maximum absolute atomic E-state index is 13.7. The number of urea groups is 1. The van der Waals surface area contributed by atoms with Crippen LogP contribution in [0.15, 0.2) is 42.7 Å². The van der Waals surface area contributed by atoms with Gasteiger partial charge in [-0.2, -0.15) is 0 Å². The average Bonchev–Trinajstić information content (AvgIpc) is 2.64. The van der Waals surface area contributed by atoms with E-state index in [2.05, 4.69) is 20.5 Å². The Balaban J connectivity index is 1.75. The molecule has 136 valence electrons. The Morgan fingerprint density at radius 1 is 1.12 bits per heavy atom. The van der Waals surface area contributed by atoms with Crippen LogP contribution in [0.1, 0.15) is 10.4 Å².